The maximum Gasteiger partial charge on any atom is 0.280 e. The Morgan fingerprint density at radius 2 is 1.56 bits per heavy atom. The molecule has 32 heavy (non-hydrogen) atoms. The minimum atomic E-state index is -0.491. The van der Waals surface area contributed by atoms with E-state index < -0.39 is 10.3 Å². The van der Waals surface area contributed by atoms with E-state index in [1.807, 2.05) is 20.8 Å². The largest absolute Gasteiger partial charge is 0.493 e. The third-order valence-electron chi connectivity index (χ3n) is 4.89. The number of amides is 1. The lowest BCUT2D eigenvalue weighted by atomic mass is 9.85. The molecule has 1 aliphatic rings. The number of hydrogen-bond donors (Lipinski definition) is 0. The van der Waals surface area contributed by atoms with Gasteiger partial charge in [-0.1, -0.05) is 20.8 Å². The Kier molecular flexibility index (Phi) is 6.20. The number of nitro benzene ring substituents is 1. The van der Waals surface area contributed by atoms with Gasteiger partial charge < -0.3 is 14.2 Å². The van der Waals surface area contributed by atoms with Gasteiger partial charge in [-0.2, -0.15) is 10.1 Å². The number of rotatable bonds is 6. The Balaban J connectivity index is 2.10. The molecule has 0 aromatic heterocycles. The highest BCUT2D eigenvalue weighted by molar-refractivity contribution is 6.34. The summed E-state index contributed by atoms with van der Waals surface area (Å²) in [6, 6.07) is 9.18. The molecule has 1 amide bonds. The molecule has 0 atom stereocenters. The van der Waals surface area contributed by atoms with Gasteiger partial charge in [0, 0.05) is 17.5 Å². The Labute approximate surface area is 186 Å². The molecule has 0 bridgehead atoms. The molecule has 1 heterocycles. The molecule has 0 spiro atoms. The summed E-state index contributed by atoms with van der Waals surface area (Å²) in [6.07, 6.45) is 1.72. The van der Waals surface area contributed by atoms with E-state index in [9.17, 15) is 14.9 Å². The monoisotopic (exact) mass is 439 g/mol. The van der Waals surface area contributed by atoms with Crippen molar-refractivity contribution in [3.8, 4) is 17.2 Å². The van der Waals surface area contributed by atoms with E-state index in [1.165, 1.54) is 50.6 Å². The van der Waals surface area contributed by atoms with Crippen LogP contribution in [0.5, 0.6) is 17.2 Å². The summed E-state index contributed by atoms with van der Waals surface area (Å²) in [5.41, 5.74) is 1.62. The van der Waals surface area contributed by atoms with Gasteiger partial charge in [-0.15, -0.1) is 0 Å². The van der Waals surface area contributed by atoms with E-state index in [2.05, 4.69) is 5.10 Å². The number of hydrazone groups is 1. The summed E-state index contributed by atoms with van der Waals surface area (Å²) in [5.74, 6) is 1.04. The average molecular weight is 439 g/mol. The van der Waals surface area contributed by atoms with E-state index in [4.69, 9.17) is 14.2 Å². The van der Waals surface area contributed by atoms with Crippen LogP contribution in [0.25, 0.3) is 6.08 Å². The first-order valence-electron chi connectivity index (χ1n) is 9.80. The lowest BCUT2D eigenvalue weighted by Crippen LogP contribution is -2.24. The quantitative estimate of drug-likeness (QED) is 0.374. The van der Waals surface area contributed by atoms with Gasteiger partial charge in [0.1, 0.15) is 0 Å². The van der Waals surface area contributed by atoms with Crippen molar-refractivity contribution < 1.29 is 23.9 Å². The first kappa shape index (κ1) is 22.8. The molecular weight excluding hydrogens is 414 g/mol. The second-order valence-corrected chi connectivity index (χ2v) is 8.11. The second-order valence-electron chi connectivity index (χ2n) is 8.11. The summed E-state index contributed by atoms with van der Waals surface area (Å²) in [6.45, 7) is 5.88. The molecule has 0 N–H and O–H groups in total. The molecule has 168 valence electrons. The number of hydrogen-bond acceptors (Lipinski definition) is 7. The Bertz CT molecular complexity index is 1090. The third-order valence-corrected chi connectivity index (χ3v) is 4.89. The number of nitrogens with zero attached hydrogens (tertiary/aromatic N) is 3. The fourth-order valence-corrected chi connectivity index (χ4v) is 3.34. The number of ether oxygens (including phenoxy) is 3. The minimum Gasteiger partial charge on any atom is -0.493 e. The zero-order chi connectivity index (χ0) is 23.6. The molecule has 2 aromatic carbocycles. The summed E-state index contributed by atoms with van der Waals surface area (Å²) < 4.78 is 16.2. The van der Waals surface area contributed by atoms with Gasteiger partial charge in [-0.25, -0.2) is 0 Å². The Hall–Kier alpha value is -3.88. The van der Waals surface area contributed by atoms with Crippen LogP contribution in [0.3, 0.4) is 0 Å². The van der Waals surface area contributed by atoms with E-state index in [0.717, 1.165) is 0 Å². The van der Waals surface area contributed by atoms with E-state index >= 15 is 0 Å². The van der Waals surface area contributed by atoms with Crippen molar-refractivity contribution >= 4 is 29.1 Å². The zero-order valence-corrected chi connectivity index (χ0v) is 18.8. The normalized spacial score (nSPS) is 15.1. The van der Waals surface area contributed by atoms with Crippen molar-refractivity contribution in [1.29, 1.82) is 0 Å². The number of carbonyl (C=O) groups excluding carboxylic acids is 1. The molecule has 0 saturated carbocycles. The van der Waals surface area contributed by atoms with Gasteiger partial charge in [0.15, 0.2) is 11.5 Å². The van der Waals surface area contributed by atoms with Gasteiger partial charge in [0.2, 0.25) is 5.75 Å². The number of nitro groups is 1. The number of non-ortho nitro benzene ring substituents is 1. The molecule has 9 nitrogen and oxygen atoms in total. The van der Waals surface area contributed by atoms with Crippen LogP contribution in [0.15, 0.2) is 47.1 Å². The fourth-order valence-electron chi connectivity index (χ4n) is 3.34. The van der Waals surface area contributed by atoms with Crippen molar-refractivity contribution in [1.82, 2.24) is 0 Å². The van der Waals surface area contributed by atoms with E-state index in [1.54, 1.807) is 18.2 Å². The minimum absolute atomic E-state index is 0.0615. The highest BCUT2D eigenvalue weighted by atomic mass is 16.6. The summed E-state index contributed by atoms with van der Waals surface area (Å²) in [7, 11) is 4.56. The molecule has 0 fully saturated rings. The summed E-state index contributed by atoms with van der Waals surface area (Å²) in [4.78, 5) is 23.8. The van der Waals surface area contributed by atoms with Crippen LogP contribution in [-0.4, -0.2) is 37.9 Å². The maximum absolute atomic E-state index is 13.3. The smallest absolute Gasteiger partial charge is 0.280 e. The second kappa shape index (κ2) is 8.70. The Morgan fingerprint density at radius 3 is 2.00 bits per heavy atom. The number of carbonyl (C=O) groups is 1. The van der Waals surface area contributed by atoms with Gasteiger partial charge in [-0.05, 0) is 35.9 Å². The predicted octanol–water partition coefficient (Wildman–Crippen LogP) is 4.45. The standard InChI is InChI=1S/C23H25N3O6/c1-23(2,3)21-17(11-14-12-18(30-4)20(32-6)19(13-14)31-5)22(27)25(24-21)15-7-9-16(10-8-15)26(28)29/h7-13H,1-6H3. The SMILES string of the molecule is COc1cc(C=C2C(=O)N(c3ccc([N+](=O)[O-])cc3)N=C2C(C)(C)C)cc(OC)c1OC. The third kappa shape index (κ3) is 4.27. The van der Waals surface area contributed by atoms with Crippen molar-refractivity contribution in [2.45, 2.75) is 20.8 Å². The number of anilines is 1. The topological polar surface area (TPSA) is 104 Å². The highest BCUT2D eigenvalue weighted by Gasteiger charge is 2.37. The summed E-state index contributed by atoms with van der Waals surface area (Å²) >= 11 is 0. The molecule has 0 radical (unpaired) electrons. The molecule has 0 saturated heterocycles. The first-order valence-corrected chi connectivity index (χ1v) is 9.80. The average Bonchev–Trinajstić information content (AvgIpc) is 3.09. The van der Waals surface area contributed by atoms with Crippen LogP contribution in [0.2, 0.25) is 0 Å². The van der Waals surface area contributed by atoms with Crippen LogP contribution < -0.4 is 19.2 Å². The molecule has 1 aliphatic heterocycles. The first-order chi connectivity index (χ1) is 15.1. The van der Waals surface area contributed by atoms with Crippen molar-refractivity contribution in [2.75, 3.05) is 26.3 Å². The van der Waals surface area contributed by atoms with Crippen molar-refractivity contribution in [2.24, 2.45) is 10.5 Å². The van der Waals surface area contributed by atoms with Gasteiger partial charge in [0.05, 0.1) is 43.2 Å². The molecule has 9 heteroatoms. The lowest BCUT2D eigenvalue weighted by Gasteiger charge is -2.18. The van der Waals surface area contributed by atoms with Gasteiger partial charge in [-0.3, -0.25) is 14.9 Å². The molecule has 3 rings (SSSR count). The fraction of sp³-hybridized carbons (Fsp3) is 0.304. The van der Waals surface area contributed by atoms with Crippen molar-refractivity contribution in [3.63, 3.8) is 0 Å². The number of methoxy groups -OCH3 is 3. The van der Waals surface area contributed by atoms with Crippen LogP contribution in [-0.2, 0) is 4.79 Å². The predicted molar refractivity (Wildman–Crippen MR) is 122 cm³/mol. The highest BCUT2D eigenvalue weighted by Crippen LogP contribution is 2.40. The van der Waals surface area contributed by atoms with E-state index in [-0.39, 0.29) is 11.6 Å². The molecule has 0 aliphatic carbocycles. The van der Waals surface area contributed by atoms with Gasteiger partial charge >= 0.3 is 0 Å². The van der Waals surface area contributed by atoms with Crippen molar-refractivity contribution in [3.05, 3.63) is 57.6 Å². The zero-order valence-electron chi connectivity index (χ0n) is 18.8. The molecule has 2 aromatic rings. The molecular formula is C23H25N3O6. The molecule has 0 unspecified atom stereocenters. The lowest BCUT2D eigenvalue weighted by molar-refractivity contribution is -0.384. The van der Waals surface area contributed by atoms with Crippen LogP contribution in [0.1, 0.15) is 26.3 Å². The Morgan fingerprint density at radius 1 is 1.00 bits per heavy atom. The van der Waals surface area contributed by atoms with Gasteiger partial charge in [0.25, 0.3) is 11.6 Å². The number of benzene rings is 2. The van der Waals surface area contributed by atoms with Crippen LogP contribution in [0.4, 0.5) is 11.4 Å². The van der Waals surface area contributed by atoms with Crippen LogP contribution in [0, 0.1) is 15.5 Å². The van der Waals surface area contributed by atoms with E-state index in [0.29, 0.717) is 39.8 Å². The van der Waals surface area contributed by atoms with Crippen LogP contribution >= 0.6 is 0 Å². The summed E-state index contributed by atoms with van der Waals surface area (Å²) in [5, 5.41) is 16.8. The maximum atomic E-state index is 13.3.